The molecule has 5 nitrogen and oxygen atoms in total. The van der Waals surface area contributed by atoms with Crippen molar-refractivity contribution in [3.63, 3.8) is 0 Å². The van der Waals surface area contributed by atoms with Gasteiger partial charge in [0.15, 0.2) is 0 Å². The number of hydrogen-bond acceptors (Lipinski definition) is 3. The van der Waals surface area contributed by atoms with Gasteiger partial charge in [0.25, 0.3) is 11.8 Å². The van der Waals surface area contributed by atoms with Crippen LogP contribution in [-0.4, -0.2) is 16.8 Å². The second-order valence-electron chi connectivity index (χ2n) is 4.32. The molecule has 100 valence electrons. The summed E-state index contributed by atoms with van der Waals surface area (Å²) in [6, 6.07) is 7.88. The zero-order valence-corrected chi connectivity index (χ0v) is 10.3. The van der Waals surface area contributed by atoms with E-state index < -0.39 is 23.7 Å². The highest BCUT2D eigenvalue weighted by molar-refractivity contribution is 6.09. The van der Waals surface area contributed by atoms with E-state index in [1.807, 2.05) is 0 Å². The number of nitrogens with zero attached hydrogens (tertiary/aromatic N) is 1. The lowest BCUT2D eigenvalue weighted by Crippen LogP contribution is -2.34. The molecule has 1 unspecified atom stereocenters. The van der Waals surface area contributed by atoms with Crippen LogP contribution in [0.2, 0.25) is 0 Å². The lowest BCUT2D eigenvalue weighted by molar-refractivity contribution is -0.118. The van der Waals surface area contributed by atoms with Crippen LogP contribution in [0, 0.1) is 5.82 Å². The quantitative estimate of drug-likeness (QED) is 0.828. The highest BCUT2D eigenvalue weighted by Crippen LogP contribution is 2.23. The van der Waals surface area contributed by atoms with E-state index in [1.165, 1.54) is 24.4 Å². The summed E-state index contributed by atoms with van der Waals surface area (Å²) in [7, 11) is 0. The second-order valence-corrected chi connectivity index (χ2v) is 4.32. The number of nitrogens with one attached hydrogen (secondary N) is 2. The van der Waals surface area contributed by atoms with Gasteiger partial charge in [-0.2, -0.15) is 0 Å². The number of benzene rings is 1. The number of fused-ring (bicyclic) bond motifs is 1. The fraction of sp³-hybridized carbons (Fsp3) is 0.0714. The first-order valence-electron chi connectivity index (χ1n) is 5.98. The van der Waals surface area contributed by atoms with Gasteiger partial charge in [0.1, 0.15) is 17.7 Å². The monoisotopic (exact) mass is 271 g/mol. The first-order chi connectivity index (χ1) is 9.66. The zero-order chi connectivity index (χ0) is 14.1. The highest BCUT2D eigenvalue weighted by atomic mass is 19.1. The van der Waals surface area contributed by atoms with Crippen LogP contribution in [0.5, 0.6) is 0 Å². The van der Waals surface area contributed by atoms with E-state index in [0.29, 0.717) is 0 Å². The van der Waals surface area contributed by atoms with Crippen molar-refractivity contribution in [1.29, 1.82) is 0 Å². The molecular formula is C14H10FN3O2. The Bertz CT molecular complexity index is 702. The Morgan fingerprint density at radius 2 is 1.90 bits per heavy atom. The molecule has 2 amide bonds. The van der Waals surface area contributed by atoms with E-state index >= 15 is 0 Å². The number of hydrogen-bond donors (Lipinski definition) is 2. The molecule has 2 aromatic rings. The van der Waals surface area contributed by atoms with Gasteiger partial charge in [-0.05, 0) is 18.2 Å². The molecule has 1 aromatic heterocycles. The summed E-state index contributed by atoms with van der Waals surface area (Å²) in [4.78, 5) is 28.2. The number of rotatable bonds is 1. The largest absolute Gasteiger partial charge is 0.336 e. The molecule has 6 heteroatoms. The number of amides is 2. The average Bonchev–Trinajstić information content (AvgIpc) is 2.57. The Morgan fingerprint density at radius 3 is 2.70 bits per heavy atom. The summed E-state index contributed by atoms with van der Waals surface area (Å²) < 4.78 is 13.8. The molecule has 1 aromatic carbocycles. The smallest absolute Gasteiger partial charge is 0.255 e. The lowest BCUT2D eigenvalue weighted by atomic mass is 10.1. The Hall–Kier alpha value is -2.76. The molecular weight excluding hydrogens is 261 g/mol. The first-order valence-corrected chi connectivity index (χ1v) is 5.98. The SMILES string of the molecule is O=C1NC(c2ccccc2F)C(=O)Nc2ncccc21. The van der Waals surface area contributed by atoms with Gasteiger partial charge in [0.2, 0.25) is 0 Å². The molecule has 20 heavy (non-hydrogen) atoms. The molecule has 0 fully saturated rings. The van der Waals surface area contributed by atoms with Crippen molar-refractivity contribution in [1.82, 2.24) is 10.3 Å². The molecule has 1 atom stereocenters. The molecule has 3 rings (SSSR count). The van der Waals surface area contributed by atoms with Crippen molar-refractivity contribution in [2.75, 3.05) is 5.32 Å². The number of carbonyl (C=O) groups is 2. The first kappa shape index (κ1) is 12.3. The third-order valence-electron chi connectivity index (χ3n) is 3.05. The minimum Gasteiger partial charge on any atom is -0.336 e. The van der Waals surface area contributed by atoms with Crippen LogP contribution in [0.25, 0.3) is 0 Å². The highest BCUT2D eigenvalue weighted by Gasteiger charge is 2.31. The van der Waals surface area contributed by atoms with E-state index in [9.17, 15) is 14.0 Å². The number of anilines is 1. The zero-order valence-electron chi connectivity index (χ0n) is 10.3. The molecule has 2 heterocycles. The van der Waals surface area contributed by atoms with E-state index in [0.717, 1.165) is 0 Å². The van der Waals surface area contributed by atoms with Gasteiger partial charge in [-0.15, -0.1) is 0 Å². The maximum atomic E-state index is 13.8. The van der Waals surface area contributed by atoms with E-state index in [2.05, 4.69) is 15.6 Å². The summed E-state index contributed by atoms with van der Waals surface area (Å²) >= 11 is 0. The van der Waals surface area contributed by atoms with Gasteiger partial charge in [-0.3, -0.25) is 9.59 Å². The van der Waals surface area contributed by atoms with E-state index in [4.69, 9.17) is 0 Å². The van der Waals surface area contributed by atoms with Gasteiger partial charge >= 0.3 is 0 Å². The van der Waals surface area contributed by atoms with Crippen molar-refractivity contribution in [3.05, 3.63) is 59.5 Å². The maximum absolute atomic E-state index is 13.8. The van der Waals surface area contributed by atoms with Crippen molar-refractivity contribution in [2.24, 2.45) is 0 Å². The van der Waals surface area contributed by atoms with Gasteiger partial charge in [0.05, 0.1) is 5.56 Å². The molecule has 0 bridgehead atoms. The van der Waals surface area contributed by atoms with Gasteiger partial charge in [0, 0.05) is 11.8 Å². The molecule has 2 N–H and O–H groups in total. The Kier molecular flexibility index (Phi) is 2.90. The maximum Gasteiger partial charge on any atom is 0.255 e. The molecule has 1 aliphatic heterocycles. The topological polar surface area (TPSA) is 71.1 Å². The molecule has 0 radical (unpaired) electrons. The van der Waals surface area contributed by atoms with Crippen LogP contribution in [0.15, 0.2) is 42.6 Å². The van der Waals surface area contributed by atoms with Crippen LogP contribution in [0.1, 0.15) is 22.0 Å². The number of aromatic nitrogens is 1. The van der Waals surface area contributed by atoms with Gasteiger partial charge < -0.3 is 10.6 Å². The molecule has 0 saturated heterocycles. The predicted molar refractivity (Wildman–Crippen MR) is 69.5 cm³/mol. The van der Waals surface area contributed by atoms with Crippen molar-refractivity contribution in [2.45, 2.75) is 6.04 Å². The summed E-state index contributed by atoms with van der Waals surface area (Å²) in [6.45, 7) is 0. The summed E-state index contributed by atoms with van der Waals surface area (Å²) in [5, 5.41) is 5.04. The average molecular weight is 271 g/mol. The third kappa shape index (κ3) is 2.01. The van der Waals surface area contributed by atoms with Crippen LogP contribution in [0.4, 0.5) is 10.2 Å². The fourth-order valence-electron chi connectivity index (χ4n) is 2.08. The van der Waals surface area contributed by atoms with Crippen LogP contribution >= 0.6 is 0 Å². The second kappa shape index (κ2) is 4.73. The molecule has 0 aliphatic carbocycles. The summed E-state index contributed by atoms with van der Waals surface area (Å²) in [5.74, 6) is -1.37. The minimum absolute atomic E-state index is 0.117. The number of carbonyl (C=O) groups excluding carboxylic acids is 2. The Morgan fingerprint density at radius 1 is 1.10 bits per heavy atom. The van der Waals surface area contributed by atoms with Crippen molar-refractivity contribution in [3.8, 4) is 0 Å². The van der Waals surface area contributed by atoms with E-state index in [-0.39, 0.29) is 16.9 Å². The normalized spacial score (nSPS) is 17.8. The number of halogens is 1. The summed E-state index contributed by atoms with van der Waals surface area (Å²) in [6.07, 6.45) is 1.47. The Balaban J connectivity index is 2.04. The van der Waals surface area contributed by atoms with Gasteiger partial charge in [-0.25, -0.2) is 9.37 Å². The standard InChI is InChI=1S/C14H10FN3O2/c15-10-6-2-1-4-8(10)11-14(20)18-12-9(13(19)17-11)5-3-7-16-12/h1-7,11H,(H,17,19)(H,16,18,20). The van der Waals surface area contributed by atoms with Crippen LogP contribution in [-0.2, 0) is 4.79 Å². The lowest BCUT2D eigenvalue weighted by Gasteiger charge is -2.15. The summed E-state index contributed by atoms with van der Waals surface area (Å²) in [5.41, 5.74) is 0.367. The Labute approximate surface area is 113 Å². The minimum atomic E-state index is -1.09. The fourth-order valence-corrected chi connectivity index (χ4v) is 2.08. The molecule has 0 saturated carbocycles. The van der Waals surface area contributed by atoms with Crippen LogP contribution in [0.3, 0.4) is 0 Å². The van der Waals surface area contributed by atoms with Gasteiger partial charge in [-0.1, -0.05) is 18.2 Å². The predicted octanol–water partition coefficient (Wildman–Crippen LogP) is 1.64. The molecule has 0 spiro atoms. The third-order valence-corrected chi connectivity index (χ3v) is 3.05. The molecule has 1 aliphatic rings. The number of pyridine rings is 1. The van der Waals surface area contributed by atoms with Crippen molar-refractivity contribution >= 4 is 17.6 Å². The van der Waals surface area contributed by atoms with E-state index in [1.54, 1.807) is 18.2 Å². The van der Waals surface area contributed by atoms with Crippen molar-refractivity contribution < 1.29 is 14.0 Å². The van der Waals surface area contributed by atoms with Crippen LogP contribution < -0.4 is 10.6 Å².